The number of ether oxygens (including phenoxy) is 1. The molecule has 0 radical (unpaired) electrons. The number of piperidine rings is 2. The number of likely N-dealkylation sites (tertiary alicyclic amines) is 2. The lowest BCUT2D eigenvalue weighted by molar-refractivity contribution is 0.0227. The van der Waals surface area contributed by atoms with Crippen LogP contribution in [0.3, 0.4) is 0 Å². The molecule has 2 N–H and O–H groups in total. The molecule has 3 aliphatic rings. The Kier molecular flexibility index (Phi) is 5.63. The lowest BCUT2D eigenvalue weighted by atomic mass is 9.76. The molecule has 0 bridgehead atoms. The van der Waals surface area contributed by atoms with Crippen molar-refractivity contribution in [2.75, 3.05) is 39.3 Å². The first-order chi connectivity index (χ1) is 13.4. The van der Waals surface area contributed by atoms with Crippen molar-refractivity contribution in [1.29, 1.82) is 0 Å². The van der Waals surface area contributed by atoms with Crippen molar-refractivity contribution < 1.29 is 19.7 Å². The van der Waals surface area contributed by atoms with E-state index >= 15 is 0 Å². The first-order valence-electron chi connectivity index (χ1n) is 10.6. The molecule has 1 aromatic carbocycles. The fourth-order valence-corrected chi connectivity index (χ4v) is 5.02. The molecule has 0 unspecified atom stereocenters. The van der Waals surface area contributed by atoms with Crippen LogP contribution in [0, 0.1) is 12.3 Å². The highest BCUT2D eigenvalue weighted by Gasteiger charge is 2.43. The summed E-state index contributed by atoms with van der Waals surface area (Å²) in [5.74, 6) is -0.0160. The summed E-state index contributed by atoms with van der Waals surface area (Å²) >= 11 is 0. The van der Waals surface area contributed by atoms with Gasteiger partial charge in [0.25, 0.3) is 5.91 Å². The molecule has 0 aromatic heterocycles. The zero-order valence-electron chi connectivity index (χ0n) is 16.8. The fourth-order valence-electron chi connectivity index (χ4n) is 5.02. The number of amides is 1. The van der Waals surface area contributed by atoms with Crippen molar-refractivity contribution in [3.05, 3.63) is 29.3 Å². The molecule has 3 fully saturated rings. The molecular formula is C22H32N2O4. The van der Waals surface area contributed by atoms with Crippen molar-refractivity contribution in [2.45, 2.75) is 51.2 Å². The number of carbonyl (C=O) groups excluding carboxylic acids is 1. The predicted octanol–water partition coefficient (Wildman–Crippen LogP) is 2.17. The number of rotatable bonds is 3. The summed E-state index contributed by atoms with van der Waals surface area (Å²) in [6, 6.07) is 5.18. The summed E-state index contributed by atoms with van der Waals surface area (Å²) in [5.41, 5.74) is 1.55. The number of aromatic hydroxyl groups is 1. The number of aliphatic hydroxyl groups excluding tert-OH is 1. The number of phenolic OH excluding ortho intramolecular Hbond substituents is 1. The van der Waals surface area contributed by atoms with E-state index in [1.165, 1.54) is 0 Å². The van der Waals surface area contributed by atoms with Gasteiger partial charge in [-0.25, -0.2) is 0 Å². The molecular weight excluding hydrogens is 356 g/mol. The number of carbonyl (C=O) groups is 1. The number of aryl methyl sites for hydroxylation is 1. The molecule has 2 atom stereocenters. The van der Waals surface area contributed by atoms with Gasteiger partial charge in [0, 0.05) is 26.2 Å². The minimum Gasteiger partial charge on any atom is -0.507 e. The lowest BCUT2D eigenvalue weighted by Crippen LogP contribution is -2.44. The van der Waals surface area contributed by atoms with Gasteiger partial charge in [0.05, 0.1) is 24.4 Å². The number of nitrogens with zero attached hydrogens (tertiary/aromatic N) is 2. The first-order valence-corrected chi connectivity index (χ1v) is 10.6. The molecule has 0 saturated carbocycles. The van der Waals surface area contributed by atoms with Crippen LogP contribution < -0.4 is 0 Å². The van der Waals surface area contributed by atoms with Crippen molar-refractivity contribution in [3.63, 3.8) is 0 Å². The summed E-state index contributed by atoms with van der Waals surface area (Å²) in [7, 11) is 0. The molecule has 3 heterocycles. The van der Waals surface area contributed by atoms with Crippen LogP contribution in [-0.4, -0.2) is 77.5 Å². The van der Waals surface area contributed by atoms with Gasteiger partial charge in [-0.3, -0.25) is 9.69 Å². The van der Waals surface area contributed by atoms with Crippen LogP contribution in [-0.2, 0) is 4.74 Å². The van der Waals surface area contributed by atoms with Crippen LogP contribution >= 0.6 is 0 Å². The molecule has 4 rings (SSSR count). The summed E-state index contributed by atoms with van der Waals surface area (Å²) in [6.07, 6.45) is 4.94. The zero-order chi connectivity index (χ0) is 19.7. The van der Waals surface area contributed by atoms with Crippen molar-refractivity contribution in [1.82, 2.24) is 9.80 Å². The standard InChI is InChI=1S/C22H32N2O4/c1-16-4-5-20(26)19(11-16)21(27)24-9-6-22(7-10-24)12-18(28-15-22)14-23-8-2-3-17(25)13-23/h4-5,11,17-18,25-26H,2-3,6-10,12-15H2,1H3/t17-,18+/m1/s1. The Bertz CT molecular complexity index is 714. The minimum absolute atomic E-state index is 0.0591. The highest BCUT2D eigenvalue weighted by atomic mass is 16.5. The van der Waals surface area contributed by atoms with Gasteiger partial charge in [0.1, 0.15) is 5.75 Å². The molecule has 1 amide bonds. The second-order valence-electron chi connectivity index (χ2n) is 9.01. The smallest absolute Gasteiger partial charge is 0.257 e. The molecule has 3 saturated heterocycles. The van der Waals surface area contributed by atoms with Gasteiger partial charge < -0.3 is 19.8 Å². The highest BCUT2D eigenvalue weighted by molar-refractivity contribution is 5.97. The van der Waals surface area contributed by atoms with Gasteiger partial charge >= 0.3 is 0 Å². The molecule has 6 nitrogen and oxygen atoms in total. The van der Waals surface area contributed by atoms with Crippen LogP contribution in [0.1, 0.15) is 48.0 Å². The second-order valence-corrected chi connectivity index (χ2v) is 9.01. The Morgan fingerprint density at radius 3 is 2.82 bits per heavy atom. The summed E-state index contributed by atoms with van der Waals surface area (Å²) in [6.45, 7) is 6.83. The van der Waals surface area contributed by atoms with Gasteiger partial charge in [-0.2, -0.15) is 0 Å². The van der Waals surface area contributed by atoms with Gasteiger partial charge in [-0.1, -0.05) is 11.6 Å². The fraction of sp³-hybridized carbons (Fsp3) is 0.682. The normalized spacial score (nSPS) is 28.0. The lowest BCUT2D eigenvalue weighted by Gasteiger charge is -2.38. The summed E-state index contributed by atoms with van der Waals surface area (Å²) in [5, 5.41) is 19.9. The van der Waals surface area contributed by atoms with E-state index in [9.17, 15) is 15.0 Å². The van der Waals surface area contributed by atoms with E-state index in [1.54, 1.807) is 12.1 Å². The average Bonchev–Trinajstić information content (AvgIpc) is 3.06. The van der Waals surface area contributed by atoms with Crippen molar-refractivity contribution in [2.24, 2.45) is 5.41 Å². The third-order valence-electron chi connectivity index (χ3n) is 6.72. The number of benzene rings is 1. The Morgan fingerprint density at radius 2 is 2.07 bits per heavy atom. The van der Waals surface area contributed by atoms with Crippen LogP contribution in [0.4, 0.5) is 0 Å². The number of β-amino-alcohol motifs (C(OH)–C–C–N with tert-alkyl or cyclic N) is 1. The van der Waals surface area contributed by atoms with E-state index in [4.69, 9.17) is 4.74 Å². The Morgan fingerprint density at radius 1 is 1.29 bits per heavy atom. The van der Waals surface area contributed by atoms with E-state index < -0.39 is 0 Å². The molecule has 1 aromatic rings. The largest absolute Gasteiger partial charge is 0.507 e. The maximum absolute atomic E-state index is 12.8. The second kappa shape index (κ2) is 8.01. The SMILES string of the molecule is Cc1ccc(O)c(C(=O)N2CCC3(CC2)CO[C@H](CN2CCC[C@@H](O)C2)C3)c1. The average molecular weight is 389 g/mol. The molecule has 1 spiro atoms. The molecule has 6 heteroatoms. The Labute approximate surface area is 167 Å². The van der Waals surface area contributed by atoms with Crippen molar-refractivity contribution >= 4 is 5.91 Å². The number of hydrogen-bond donors (Lipinski definition) is 2. The van der Waals surface area contributed by atoms with Crippen LogP contribution in [0.15, 0.2) is 18.2 Å². The molecule has 3 aliphatic heterocycles. The van der Waals surface area contributed by atoms with Gasteiger partial charge in [0.2, 0.25) is 0 Å². The van der Waals surface area contributed by atoms with Crippen LogP contribution in [0.5, 0.6) is 5.75 Å². The third kappa shape index (κ3) is 4.19. The predicted molar refractivity (Wildman–Crippen MR) is 106 cm³/mol. The quantitative estimate of drug-likeness (QED) is 0.830. The highest BCUT2D eigenvalue weighted by Crippen LogP contribution is 2.42. The molecule has 28 heavy (non-hydrogen) atoms. The third-order valence-corrected chi connectivity index (χ3v) is 6.72. The minimum atomic E-state index is -0.198. The van der Waals surface area contributed by atoms with Crippen LogP contribution in [0.25, 0.3) is 0 Å². The van der Waals surface area contributed by atoms with Gasteiger partial charge in [0.15, 0.2) is 0 Å². The summed E-state index contributed by atoms with van der Waals surface area (Å²) < 4.78 is 6.13. The topological polar surface area (TPSA) is 73.2 Å². The summed E-state index contributed by atoms with van der Waals surface area (Å²) in [4.78, 5) is 17.0. The van der Waals surface area contributed by atoms with E-state index in [-0.39, 0.29) is 29.3 Å². The van der Waals surface area contributed by atoms with Crippen molar-refractivity contribution in [3.8, 4) is 5.75 Å². The maximum Gasteiger partial charge on any atom is 0.257 e. The molecule has 0 aliphatic carbocycles. The number of phenols is 1. The zero-order valence-corrected chi connectivity index (χ0v) is 16.8. The number of aliphatic hydroxyl groups is 1. The molecule has 154 valence electrons. The Hall–Kier alpha value is -1.63. The van der Waals surface area contributed by atoms with E-state index in [0.29, 0.717) is 18.7 Å². The Balaban J connectivity index is 1.31. The number of hydrogen-bond acceptors (Lipinski definition) is 5. The van der Waals surface area contributed by atoms with Gasteiger partial charge in [-0.15, -0.1) is 0 Å². The van der Waals surface area contributed by atoms with Crippen LogP contribution in [0.2, 0.25) is 0 Å². The van der Waals surface area contributed by atoms with E-state index in [0.717, 1.165) is 63.9 Å². The van der Waals surface area contributed by atoms with Gasteiger partial charge in [-0.05, 0) is 63.1 Å². The maximum atomic E-state index is 12.8. The van der Waals surface area contributed by atoms with E-state index in [2.05, 4.69) is 4.90 Å². The first kappa shape index (κ1) is 19.7. The monoisotopic (exact) mass is 388 g/mol. The van der Waals surface area contributed by atoms with E-state index in [1.807, 2.05) is 17.9 Å².